The largest absolute Gasteiger partial charge is 0.204 e. The van der Waals surface area contributed by atoms with Gasteiger partial charge < -0.3 is 0 Å². The summed E-state index contributed by atoms with van der Waals surface area (Å²) >= 11 is 0. The van der Waals surface area contributed by atoms with Gasteiger partial charge in [-0.1, -0.05) is 42.5 Å². The number of halogens is 3. The molecule has 0 aliphatic heterocycles. The fraction of sp³-hybridized carbons (Fsp3) is 0.250. The number of rotatable bonds is 3. The Kier molecular flexibility index (Phi) is 4.77. The van der Waals surface area contributed by atoms with Gasteiger partial charge in [0, 0.05) is 5.39 Å². The van der Waals surface area contributed by atoms with E-state index in [-0.39, 0.29) is 5.39 Å². The van der Waals surface area contributed by atoms with Crippen LogP contribution >= 0.6 is 0 Å². The molecule has 0 saturated heterocycles. The Morgan fingerprint density at radius 3 is 2.11 bits per heavy atom. The fourth-order valence-electron chi connectivity index (χ4n) is 4.12. The van der Waals surface area contributed by atoms with Gasteiger partial charge in [0.05, 0.1) is 0 Å². The topological polar surface area (TPSA) is 0 Å². The minimum atomic E-state index is -1.43. The van der Waals surface area contributed by atoms with Crippen LogP contribution in [0.15, 0.2) is 61.2 Å². The maximum absolute atomic E-state index is 13.9. The second-order valence-electron chi connectivity index (χ2n) is 7.39. The van der Waals surface area contributed by atoms with Crippen molar-refractivity contribution < 1.29 is 13.2 Å². The molecule has 0 N–H and O–H groups in total. The predicted octanol–water partition coefficient (Wildman–Crippen LogP) is 7.38. The average Bonchev–Trinajstić information content (AvgIpc) is 2.72. The molecular weight excluding hydrogens is 345 g/mol. The van der Waals surface area contributed by atoms with Crippen LogP contribution in [-0.2, 0) is 0 Å². The highest BCUT2D eigenvalue weighted by Crippen LogP contribution is 2.37. The third-order valence-corrected chi connectivity index (χ3v) is 5.79. The van der Waals surface area contributed by atoms with Crippen LogP contribution in [0.4, 0.5) is 13.2 Å². The van der Waals surface area contributed by atoms with Crippen LogP contribution in [0.5, 0.6) is 0 Å². The van der Waals surface area contributed by atoms with E-state index in [1.165, 1.54) is 37.3 Å². The van der Waals surface area contributed by atoms with Gasteiger partial charge in [-0.05, 0) is 71.7 Å². The van der Waals surface area contributed by atoms with E-state index in [0.717, 1.165) is 17.2 Å². The maximum Gasteiger partial charge on any atom is 0.195 e. The lowest BCUT2D eigenvalue weighted by Gasteiger charge is -2.27. The van der Waals surface area contributed by atoms with Crippen molar-refractivity contribution in [2.75, 3.05) is 0 Å². The van der Waals surface area contributed by atoms with E-state index in [0.29, 0.717) is 17.2 Å². The Morgan fingerprint density at radius 1 is 0.778 bits per heavy atom. The Hall–Kier alpha value is -2.55. The molecule has 3 aromatic rings. The Morgan fingerprint density at radius 2 is 1.44 bits per heavy atom. The van der Waals surface area contributed by atoms with E-state index in [9.17, 15) is 13.2 Å². The van der Waals surface area contributed by atoms with Crippen LogP contribution in [0.25, 0.3) is 21.9 Å². The summed E-state index contributed by atoms with van der Waals surface area (Å²) in [6, 6.07) is 14.4. The van der Waals surface area contributed by atoms with Crippen molar-refractivity contribution in [2.45, 2.75) is 31.6 Å². The minimum absolute atomic E-state index is 0.0910. The van der Waals surface area contributed by atoms with Crippen molar-refractivity contribution in [3.63, 3.8) is 0 Å². The summed E-state index contributed by atoms with van der Waals surface area (Å²) in [4.78, 5) is 0. The molecule has 0 aromatic heterocycles. The van der Waals surface area contributed by atoms with Gasteiger partial charge in [0.2, 0.25) is 0 Å². The summed E-state index contributed by atoms with van der Waals surface area (Å²) in [6.45, 7) is 3.90. The van der Waals surface area contributed by atoms with Crippen LogP contribution in [0.3, 0.4) is 0 Å². The third kappa shape index (κ3) is 3.39. The van der Waals surface area contributed by atoms with Gasteiger partial charge in [-0.2, -0.15) is 0 Å². The highest BCUT2D eigenvalue weighted by molar-refractivity contribution is 5.88. The van der Waals surface area contributed by atoms with E-state index in [4.69, 9.17) is 0 Å². The molecule has 0 bridgehead atoms. The van der Waals surface area contributed by atoms with E-state index >= 15 is 0 Å². The van der Waals surface area contributed by atoms with E-state index < -0.39 is 17.5 Å². The van der Waals surface area contributed by atoms with Crippen molar-refractivity contribution in [3.05, 3.63) is 84.2 Å². The lowest BCUT2D eigenvalue weighted by atomic mass is 9.78. The monoisotopic (exact) mass is 366 g/mol. The highest BCUT2D eigenvalue weighted by Gasteiger charge is 2.20. The van der Waals surface area contributed by atoms with Gasteiger partial charge in [0.15, 0.2) is 17.5 Å². The number of hydrogen-bond donors (Lipinski definition) is 0. The molecule has 138 valence electrons. The van der Waals surface area contributed by atoms with Crippen LogP contribution in [0.2, 0.25) is 0 Å². The molecule has 0 amide bonds. The van der Waals surface area contributed by atoms with Crippen LogP contribution in [0, 0.1) is 23.4 Å². The molecule has 1 saturated carbocycles. The molecule has 0 heterocycles. The Labute approximate surface area is 157 Å². The first-order valence-electron chi connectivity index (χ1n) is 9.37. The van der Waals surface area contributed by atoms with E-state index in [1.807, 2.05) is 12.1 Å². The molecular formula is C24H21F3. The van der Waals surface area contributed by atoms with Crippen molar-refractivity contribution >= 4 is 10.8 Å². The second kappa shape index (κ2) is 7.22. The Bertz CT molecular complexity index is 981. The third-order valence-electron chi connectivity index (χ3n) is 5.79. The molecule has 1 aliphatic carbocycles. The predicted molar refractivity (Wildman–Crippen MR) is 104 cm³/mol. The zero-order valence-electron chi connectivity index (χ0n) is 15.0. The first-order chi connectivity index (χ1) is 13.1. The summed E-state index contributed by atoms with van der Waals surface area (Å²) in [5.41, 5.74) is 3.17. The first kappa shape index (κ1) is 17.8. The fourth-order valence-corrected chi connectivity index (χ4v) is 4.12. The summed E-state index contributed by atoms with van der Waals surface area (Å²) in [7, 11) is 0. The summed E-state index contributed by atoms with van der Waals surface area (Å²) in [5, 5.41) is 0.448. The summed E-state index contributed by atoms with van der Waals surface area (Å²) in [6.07, 6.45) is 6.80. The molecule has 3 heteroatoms. The summed E-state index contributed by atoms with van der Waals surface area (Å²) in [5.74, 6) is -2.50. The van der Waals surface area contributed by atoms with Crippen molar-refractivity contribution in [1.29, 1.82) is 0 Å². The van der Waals surface area contributed by atoms with E-state index in [1.54, 1.807) is 12.1 Å². The zero-order chi connectivity index (χ0) is 19.0. The van der Waals surface area contributed by atoms with Gasteiger partial charge in [-0.3, -0.25) is 0 Å². The molecule has 0 spiro atoms. The Balaban J connectivity index is 1.60. The molecule has 27 heavy (non-hydrogen) atoms. The van der Waals surface area contributed by atoms with E-state index in [2.05, 4.69) is 24.8 Å². The smallest absolute Gasteiger partial charge is 0.195 e. The van der Waals surface area contributed by atoms with Crippen LogP contribution in [0.1, 0.15) is 37.2 Å². The molecule has 3 aromatic carbocycles. The number of hydrogen-bond acceptors (Lipinski definition) is 0. The minimum Gasteiger partial charge on any atom is -0.204 e. The van der Waals surface area contributed by atoms with Gasteiger partial charge >= 0.3 is 0 Å². The van der Waals surface area contributed by atoms with Crippen molar-refractivity contribution in [3.8, 4) is 11.1 Å². The SMILES string of the molecule is C=CC1CCC(c2ccc(-c3ccc4c(F)c(F)c(F)cc4c3)cc2)CC1. The molecule has 1 fully saturated rings. The van der Waals surface area contributed by atoms with Crippen LogP contribution in [-0.4, -0.2) is 0 Å². The number of benzene rings is 3. The lowest BCUT2D eigenvalue weighted by molar-refractivity contribution is 0.376. The van der Waals surface area contributed by atoms with Crippen LogP contribution < -0.4 is 0 Å². The van der Waals surface area contributed by atoms with Gasteiger partial charge in [0.25, 0.3) is 0 Å². The zero-order valence-corrected chi connectivity index (χ0v) is 15.0. The standard InChI is InChI=1S/C24H21F3/c1-2-15-3-5-16(6-4-15)17-7-9-18(10-8-17)19-11-12-21-20(13-19)14-22(25)24(27)23(21)26/h2,7-16H,1,3-6H2. The average molecular weight is 366 g/mol. The molecule has 0 unspecified atom stereocenters. The van der Waals surface area contributed by atoms with Gasteiger partial charge in [-0.15, -0.1) is 6.58 Å². The molecule has 4 rings (SSSR count). The second-order valence-corrected chi connectivity index (χ2v) is 7.39. The van der Waals surface area contributed by atoms with Gasteiger partial charge in [0.1, 0.15) is 0 Å². The molecule has 0 radical (unpaired) electrons. The maximum atomic E-state index is 13.9. The van der Waals surface area contributed by atoms with Crippen molar-refractivity contribution in [1.82, 2.24) is 0 Å². The molecule has 1 aliphatic rings. The number of allylic oxidation sites excluding steroid dienone is 1. The van der Waals surface area contributed by atoms with Crippen molar-refractivity contribution in [2.24, 2.45) is 5.92 Å². The first-order valence-corrected chi connectivity index (χ1v) is 9.37. The highest BCUT2D eigenvalue weighted by atomic mass is 19.2. The van der Waals surface area contributed by atoms with Gasteiger partial charge in [-0.25, -0.2) is 13.2 Å². The lowest BCUT2D eigenvalue weighted by Crippen LogP contribution is -2.11. The number of fused-ring (bicyclic) bond motifs is 1. The summed E-state index contributed by atoms with van der Waals surface area (Å²) < 4.78 is 40.8. The quantitative estimate of drug-likeness (QED) is 0.335. The normalized spacial score (nSPS) is 20.0. The molecule has 0 nitrogen and oxygen atoms in total. The molecule has 0 atom stereocenters.